The normalized spacial score (nSPS) is 9.22. The van der Waals surface area contributed by atoms with E-state index in [9.17, 15) is 14.9 Å². The van der Waals surface area contributed by atoms with Crippen LogP contribution in [0.4, 0.5) is 5.69 Å². The molecule has 7 heteroatoms. The van der Waals surface area contributed by atoms with Crippen LogP contribution < -0.4 is 5.32 Å². The Hall–Kier alpha value is -2.13. The fraction of sp³-hybridized carbons (Fsp3) is 0.273. The highest BCUT2D eigenvalue weighted by Crippen LogP contribution is 2.21. The molecule has 1 rings (SSSR count). The fourth-order valence-electron chi connectivity index (χ4n) is 1.10. The van der Waals surface area contributed by atoms with Gasteiger partial charge in [0.1, 0.15) is 0 Å². The predicted molar refractivity (Wildman–Crippen MR) is 66.1 cm³/mol. The second kappa shape index (κ2) is 6.57. The molecule has 18 heavy (non-hydrogen) atoms. The zero-order chi connectivity index (χ0) is 13.5. The molecule has 0 aromatic carbocycles. The molecule has 0 bridgehead atoms. The molecule has 0 fully saturated rings. The number of nitro groups is 1. The monoisotopic (exact) mass is 267 g/mol. The Bertz CT molecular complexity index is 534. The van der Waals surface area contributed by atoms with E-state index in [0.717, 1.165) is 0 Å². The van der Waals surface area contributed by atoms with Crippen LogP contribution in [0.15, 0.2) is 12.3 Å². The summed E-state index contributed by atoms with van der Waals surface area (Å²) in [4.78, 5) is 24.3. The highest BCUT2D eigenvalue weighted by atomic mass is 35.5. The number of carbonyl (C=O) groups is 1. The number of amides is 1. The lowest BCUT2D eigenvalue weighted by Gasteiger charge is -1.96. The number of pyridine rings is 1. The van der Waals surface area contributed by atoms with Gasteiger partial charge >= 0.3 is 5.69 Å². The minimum absolute atomic E-state index is 0.124. The average molecular weight is 268 g/mol. The molecule has 0 aliphatic rings. The predicted octanol–water partition coefficient (Wildman–Crippen LogP) is 1.52. The molecule has 1 heterocycles. The summed E-state index contributed by atoms with van der Waals surface area (Å²) in [6.45, 7) is 1.85. The zero-order valence-electron chi connectivity index (χ0n) is 9.57. The first-order valence-electron chi connectivity index (χ1n) is 5.04. The maximum absolute atomic E-state index is 10.6. The first-order chi connectivity index (χ1) is 8.50. The van der Waals surface area contributed by atoms with Crippen molar-refractivity contribution in [3.8, 4) is 11.8 Å². The Morgan fingerprint density at radius 1 is 1.67 bits per heavy atom. The van der Waals surface area contributed by atoms with Gasteiger partial charge in [0.15, 0.2) is 0 Å². The van der Waals surface area contributed by atoms with E-state index in [1.54, 1.807) is 0 Å². The smallest absolute Gasteiger partial charge is 0.307 e. The molecule has 0 atom stereocenters. The first kappa shape index (κ1) is 13.9. The lowest BCUT2D eigenvalue weighted by Crippen LogP contribution is -2.20. The van der Waals surface area contributed by atoms with Crippen LogP contribution in [0.5, 0.6) is 0 Å². The maximum atomic E-state index is 10.6. The van der Waals surface area contributed by atoms with Crippen LogP contribution in [-0.4, -0.2) is 22.4 Å². The molecule has 94 valence electrons. The van der Waals surface area contributed by atoms with Gasteiger partial charge in [-0.3, -0.25) is 14.9 Å². The summed E-state index contributed by atoms with van der Waals surface area (Å²) in [7, 11) is 0. The summed E-state index contributed by atoms with van der Waals surface area (Å²) in [5.74, 6) is 5.36. The summed E-state index contributed by atoms with van der Waals surface area (Å²) >= 11 is 5.56. The number of hydrogen-bond donors (Lipinski definition) is 1. The Morgan fingerprint density at radius 2 is 2.39 bits per heavy atom. The van der Waals surface area contributed by atoms with Crippen molar-refractivity contribution in [1.82, 2.24) is 10.3 Å². The molecule has 1 N–H and O–H groups in total. The number of nitrogens with zero attached hydrogens (tertiary/aromatic N) is 2. The van der Waals surface area contributed by atoms with E-state index >= 15 is 0 Å². The van der Waals surface area contributed by atoms with E-state index in [2.05, 4.69) is 22.1 Å². The summed E-state index contributed by atoms with van der Waals surface area (Å²) < 4.78 is 0. The molecule has 6 nitrogen and oxygen atoms in total. The van der Waals surface area contributed by atoms with Gasteiger partial charge in [0.05, 0.1) is 4.92 Å². The number of hydrogen-bond acceptors (Lipinski definition) is 4. The van der Waals surface area contributed by atoms with Gasteiger partial charge in [-0.05, 0) is 0 Å². The second-order valence-corrected chi connectivity index (χ2v) is 3.68. The van der Waals surface area contributed by atoms with E-state index in [-0.39, 0.29) is 16.7 Å². The van der Waals surface area contributed by atoms with Crippen molar-refractivity contribution >= 4 is 23.2 Å². The van der Waals surface area contributed by atoms with Crippen molar-refractivity contribution in [2.75, 3.05) is 6.54 Å². The van der Waals surface area contributed by atoms with Gasteiger partial charge in [-0.2, -0.15) is 0 Å². The molecule has 1 aromatic heterocycles. The average Bonchev–Trinajstić information content (AvgIpc) is 2.30. The number of aromatic nitrogens is 1. The van der Waals surface area contributed by atoms with Gasteiger partial charge in [-0.1, -0.05) is 23.4 Å². The molecule has 1 aromatic rings. The highest BCUT2D eigenvalue weighted by Gasteiger charge is 2.13. The van der Waals surface area contributed by atoms with Crippen LogP contribution >= 0.6 is 11.6 Å². The van der Waals surface area contributed by atoms with E-state index in [4.69, 9.17) is 11.6 Å². The Labute approximate surface area is 109 Å². The molecular formula is C11H10ClN3O3. The molecular weight excluding hydrogens is 258 g/mol. The molecule has 0 aliphatic carbocycles. The maximum Gasteiger partial charge on any atom is 0.307 e. The van der Waals surface area contributed by atoms with Crippen LogP contribution in [0.3, 0.4) is 0 Å². The number of halogens is 1. The van der Waals surface area contributed by atoms with Gasteiger partial charge in [-0.15, -0.1) is 0 Å². The van der Waals surface area contributed by atoms with Crippen molar-refractivity contribution in [1.29, 1.82) is 0 Å². The van der Waals surface area contributed by atoms with Crippen LogP contribution in [0.1, 0.15) is 18.9 Å². The van der Waals surface area contributed by atoms with Crippen LogP contribution in [0.2, 0.25) is 5.15 Å². The van der Waals surface area contributed by atoms with Crippen LogP contribution in [-0.2, 0) is 4.79 Å². The van der Waals surface area contributed by atoms with Crippen molar-refractivity contribution in [3.05, 3.63) is 33.1 Å². The molecule has 0 aliphatic heterocycles. The standard InChI is InChI=1S/C11H10ClN3O3/c1-8(16)13-5-3-2-4-9-6-10(15(17)18)11(12)14-7-9/h6-7H,3,5H2,1H3,(H,13,16). The second-order valence-electron chi connectivity index (χ2n) is 3.33. The Balaban J connectivity index is 2.68. The summed E-state index contributed by atoms with van der Waals surface area (Å²) in [5, 5.41) is 13.0. The minimum Gasteiger partial charge on any atom is -0.355 e. The molecule has 1 amide bonds. The minimum atomic E-state index is -0.613. The lowest BCUT2D eigenvalue weighted by molar-refractivity contribution is -0.385. The Kier molecular flexibility index (Phi) is 5.08. The van der Waals surface area contributed by atoms with Gasteiger partial charge in [-0.25, -0.2) is 4.98 Å². The number of nitrogens with one attached hydrogen (secondary N) is 1. The fourth-order valence-corrected chi connectivity index (χ4v) is 1.27. The van der Waals surface area contributed by atoms with Crippen molar-refractivity contribution in [2.45, 2.75) is 13.3 Å². The molecule has 0 saturated carbocycles. The van der Waals surface area contributed by atoms with Crippen molar-refractivity contribution in [3.63, 3.8) is 0 Å². The molecule has 0 unspecified atom stereocenters. The number of carbonyl (C=O) groups excluding carboxylic acids is 1. The Morgan fingerprint density at radius 3 is 3.00 bits per heavy atom. The first-order valence-corrected chi connectivity index (χ1v) is 5.41. The summed E-state index contributed by atoms with van der Waals surface area (Å²) in [6, 6.07) is 1.26. The molecule has 0 spiro atoms. The largest absolute Gasteiger partial charge is 0.355 e. The zero-order valence-corrected chi connectivity index (χ0v) is 10.3. The summed E-state index contributed by atoms with van der Waals surface area (Å²) in [5.41, 5.74) is 0.138. The van der Waals surface area contributed by atoms with Gasteiger partial charge in [0, 0.05) is 37.7 Å². The van der Waals surface area contributed by atoms with Crippen LogP contribution in [0, 0.1) is 22.0 Å². The van der Waals surface area contributed by atoms with E-state index in [0.29, 0.717) is 18.5 Å². The van der Waals surface area contributed by atoms with E-state index in [1.165, 1.54) is 19.2 Å². The third-order valence-corrected chi connectivity index (χ3v) is 2.17. The van der Waals surface area contributed by atoms with E-state index < -0.39 is 4.92 Å². The quantitative estimate of drug-likeness (QED) is 0.296. The van der Waals surface area contributed by atoms with Gasteiger partial charge < -0.3 is 5.32 Å². The van der Waals surface area contributed by atoms with Crippen LogP contribution in [0.25, 0.3) is 0 Å². The van der Waals surface area contributed by atoms with Gasteiger partial charge in [0.2, 0.25) is 11.1 Å². The third-order valence-electron chi connectivity index (χ3n) is 1.87. The topological polar surface area (TPSA) is 85.1 Å². The summed E-state index contributed by atoms with van der Waals surface area (Å²) in [6.07, 6.45) is 1.82. The molecule has 0 radical (unpaired) electrons. The third kappa shape index (κ3) is 4.39. The van der Waals surface area contributed by atoms with Crippen molar-refractivity contribution < 1.29 is 9.72 Å². The van der Waals surface area contributed by atoms with E-state index in [1.807, 2.05) is 0 Å². The lowest BCUT2D eigenvalue weighted by atomic mass is 10.2. The van der Waals surface area contributed by atoms with Gasteiger partial charge in [0.25, 0.3) is 0 Å². The number of rotatable bonds is 3. The SMILES string of the molecule is CC(=O)NCCC#Cc1cnc(Cl)c([N+](=O)[O-])c1. The van der Waals surface area contributed by atoms with Crippen molar-refractivity contribution in [2.24, 2.45) is 0 Å². The highest BCUT2D eigenvalue weighted by molar-refractivity contribution is 6.31. The molecule has 0 saturated heterocycles.